The maximum absolute atomic E-state index is 10.7. The Bertz CT molecular complexity index is 1390. The van der Waals surface area contributed by atoms with Crippen LogP contribution in [0.3, 0.4) is 0 Å². The van der Waals surface area contributed by atoms with E-state index in [9.17, 15) is 5.11 Å². The third-order valence-corrected chi connectivity index (χ3v) is 6.40. The van der Waals surface area contributed by atoms with Gasteiger partial charge in [-0.25, -0.2) is 4.98 Å². The van der Waals surface area contributed by atoms with Gasteiger partial charge in [-0.1, -0.05) is 25.9 Å². The number of hydrogen-bond acceptors (Lipinski definition) is 11. The summed E-state index contributed by atoms with van der Waals surface area (Å²) < 4.78 is 28.8. The monoisotopic (exact) mass is 519 g/mol. The molecule has 6 rings (SSSR count). The van der Waals surface area contributed by atoms with Crippen LogP contribution in [0, 0.1) is 0 Å². The number of rotatable bonds is 5. The molecule has 3 aliphatic rings. The summed E-state index contributed by atoms with van der Waals surface area (Å²) in [5, 5.41) is 14.7. The average Bonchev–Trinajstić information content (AvgIpc) is 3.40. The van der Waals surface area contributed by atoms with Crippen LogP contribution in [-0.2, 0) is 23.2 Å². The highest BCUT2D eigenvalue weighted by molar-refractivity contribution is 5.97. The second-order valence-electron chi connectivity index (χ2n) is 10.3. The van der Waals surface area contributed by atoms with E-state index in [-0.39, 0.29) is 24.7 Å². The van der Waals surface area contributed by atoms with E-state index in [1.807, 2.05) is 49.9 Å². The lowest BCUT2D eigenvalue weighted by Crippen LogP contribution is -2.41. The van der Waals surface area contributed by atoms with Crippen molar-refractivity contribution in [2.45, 2.75) is 51.7 Å². The first kappa shape index (κ1) is 24.2. The quantitative estimate of drug-likeness (QED) is 0.538. The van der Waals surface area contributed by atoms with E-state index in [0.29, 0.717) is 48.1 Å². The van der Waals surface area contributed by atoms with Gasteiger partial charge in [0.25, 0.3) is 5.88 Å². The van der Waals surface area contributed by atoms with Gasteiger partial charge in [0.15, 0.2) is 18.5 Å². The SMILES string of the molecule is CC(C)(C)c1nc(COc2ccc3c(c2)CCN2C3=CC(OCC3COc4ncccc4O3)=NC2O)no1. The first-order valence-corrected chi connectivity index (χ1v) is 12.5. The average molecular weight is 520 g/mol. The van der Waals surface area contributed by atoms with Crippen LogP contribution in [-0.4, -0.2) is 63.2 Å². The van der Waals surface area contributed by atoms with Crippen molar-refractivity contribution in [2.24, 2.45) is 4.99 Å². The molecule has 0 spiro atoms. The first-order valence-electron chi connectivity index (χ1n) is 12.5. The van der Waals surface area contributed by atoms with E-state index in [2.05, 4.69) is 20.1 Å². The highest BCUT2D eigenvalue weighted by atomic mass is 16.6. The van der Waals surface area contributed by atoms with Gasteiger partial charge in [0, 0.05) is 29.8 Å². The molecule has 198 valence electrons. The van der Waals surface area contributed by atoms with Crippen molar-refractivity contribution in [3.8, 4) is 17.4 Å². The molecule has 0 bridgehead atoms. The summed E-state index contributed by atoms with van der Waals surface area (Å²) in [5.41, 5.74) is 2.73. The molecule has 1 aromatic carbocycles. The lowest BCUT2D eigenvalue weighted by atomic mass is 9.95. The van der Waals surface area contributed by atoms with E-state index < -0.39 is 6.35 Å². The van der Waals surface area contributed by atoms with Crippen LogP contribution in [0.1, 0.15) is 43.6 Å². The predicted octanol–water partition coefficient (Wildman–Crippen LogP) is 3.08. The van der Waals surface area contributed by atoms with Crippen molar-refractivity contribution < 1.29 is 28.6 Å². The first-order chi connectivity index (χ1) is 18.3. The fraction of sp³-hybridized carbons (Fsp3) is 0.407. The van der Waals surface area contributed by atoms with Gasteiger partial charge in [-0.2, -0.15) is 9.98 Å². The van der Waals surface area contributed by atoms with Gasteiger partial charge < -0.3 is 33.5 Å². The summed E-state index contributed by atoms with van der Waals surface area (Å²) >= 11 is 0. The van der Waals surface area contributed by atoms with Gasteiger partial charge in [-0.05, 0) is 42.3 Å². The van der Waals surface area contributed by atoms with Gasteiger partial charge in [0.2, 0.25) is 24.0 Å². The Kier molecular flexibility index (Phi) is 6.15. The van der Waals surface area contributed by atoms with Crippen LogP contribution in [0.25, 0.3) is 5.70 Å². The summed E-state index contributed by atoms with van der Waals surface area (Å²) in [6.45, 7) is 7.42. The molecule has 0 fully saturated rings. The van der Waals surface area contributed by atoms with E-state index >= 15 is 0 Å². The number of pyridine rings is 1. The molecule has 3 aromatic rings. The molecule has 0 aliphatic carbocycles. The van der Waals surface area contributed by atoms with E-state index in [4.69, 9.17) is 23.5 Å². The van der Waals surface area contributed by atoms with Gasteiger partial charge in [0.05, 0.1) is 5.70 Å². The number of aliphatic hydroxyl groups is 1. The predicted molar refractivity (Wildman–Crippen MR) is 136 cm³/mol. The molecule has 5 heterocycles. The number of aliphatic hydroxyl groups excluding tert-OH is 1. The van der Waals surface area contributed by atoms with Crippen LogP contribution < -0.4 is 14.2 Å². The number of hydrogen-bond donors (Lipinski definition) is 1. The Balaban J connectivity index is 1.12. The number of ether oxygens (including phenoxy) is 4. The Labute approximate surface area is 219 Å². The zero-order valence-electron chi connectivity index (χ0n) is 21.5. The lowest BCUT2D eigenvalue weighted by Gasteiger charge is -2.37. The fourth-order valence-corrected chi connectivity index (χ4v) is 4.44. The Morgan fingerprint density at radius 1 is 1.18 bits per heavy atom. The molecule has 3 aliphatic heterocycles. The number of aromatic nitrogens is 3. The highest BCUT2D eigenvalue weighted by Crippen LogP contribution is 2.35. The molecule has 0 radical (unpaired) electrons. The smallest absolute Gasteiger partial charge is 0.257 e. The molecule has 2 unspecified atom stereocenters. The zero-order valence-corrected chi connectivity index (χ0v) is 21.5. The van der Waals surface area contributed by atoms with Crippen molar-refractivity contribution in [2.75, 3.05) is 19.8 Å². The van der Waals surface area contributed by atoms with Crippen molar-refractivity contribution in [3.63, 3.8) is 0 Å². The van der Waals surface area contributed by atoms with Crippen molar-refractivity contribution in [1.82, 2.24) is 20.0 Å². The highest BCUT2D eigenvalue weighted by Gasteiger charge is 2.31. The second kappa shape index (κ2) is 9.64. The Morgan fingerprint density at radius 2 is 2.08 bits per heavy atom. The zero-order chi connectivity index (χ0) is 26.3. The number of benzene rings is 1. The van der Waals surface area contributed by atoms with Crippen LogP contribution in [0.5, 0.6) is 17.4 Å². The van der Waals surface area contributed by atoms with Crippen LogP contribution in [0.15, 0.2) is 52.1 Å². The standard InChI is InChI=1S/C27H29N5O6/c1-27(2,3)25-29-22(31-38-25)15-34-17-6-7-19-16(11-17)8-10-32-20(19)12-23(30-26(32)33)35-13-18-14-36-24-21(37-18)5-4-9-28-24/h4-7,9,11-12,18,26,33H,8,10,13-15H2,1-3H3. The van der Waals surface area contributed by atoms with Gasteiger partial charge in [0.1, 0.15) is 19.0 Å². The van der Waals surface area contributed by atoms with Crippen LogP contribution >= 0.6 is 0 Å². The van der Waals surface area contributed by atoms with E-state index in [1.54, 1.807) is 18.3 Å². The molecule has 11 nitrogen and oxygen atoms in total. The summed E-state index contributed by atoms with van der Waals surface area (Å²) in [4.78, 5) is 14.7. The van der Waals surface area contributed by atoms with E-state index in [1.165, 1.54) is 0 Å². The molecule has 1 N–H and O–H groups in total. The van der Waals surface area contributed by atoms with Gasteiger partial charge in [-0.3, -0.25) is 0 Å². The number of fused-ring (bicyclic) bond motifs is 4. The Hall–Kier alpha value is -4.12. The normalized spacial score (nSPS) is 20.2. The van der Waals surface area contributed by atoms with Crippen LogP contribution in [0.4, 0.5) is 0 Å². The number of nitrogens with zero attached hydrogens (tertiary/aromatic N) is 5. The molecule has 2 atom stereocenters. The summed E-state index contributed by atoms with van der Waals surface area (Å²) in [6.07, 6.45) is 2.89. The molecule has 38 heavy (non-hydrogen) atoms. The molecule has 0 saturated carbocycles. The molecule has 11 heteroatoms. The third kappa shape index (κ3) is 4.89. The molecule has 2 aromatic heterocycles. The lowest BCUT2D eigenvalue weighted by molar-refractivity contribution is 0.0348. The molecule has 0 amide bonds. The minimum Gasteiger partial charge on any atom is -0.485 e. The van der Waals surface area contributed by atoms with Crippen molar-refractivity contribution in [1.29, 1.82) is 0 Å². The maximum atomic E-state index is 10.7. The van der Waals surface area contributed by atoms with Crippen molar-refractivity contribution >= 4 is 11.6 Å². The Morgan fingerprint density at radius 3 is 2.92 bits per heavy atom. The fourth-order valence-electron chi connectivity index (χ4n) is 4.44. The van der Waals surface area contributed by atoms with E-state index in [0.717, 1.165) is 23.2 Å². The topological polar surface area (TPSA) is 125 Å². The summed E-state index contributed by atoms with van der Waals surface area (Å²) in [5.74, 6) is 3.18. The van der Waals surface area contributed by atoms with Crippen LogP contribution in [0.2, 0.25) is 0 Å². The minimum atomic E-state index is -1.03. The van der Waals surface area contributed by atoms with Gasteiger partial charge >= 0.3 is 0 Å². The second-order valence-corrected chi connectivity index (χ2v) is 10.3. The maximum Gasteiger partial charge on any atom is 0.257 e. The third-order valence-electron chi connectivity index (χ3n) is 6.40. The summed E-state index contributed by atoms with van der Waals surface area (Å²) in [6, 6.07) is 9.48. The largest absolute Gasteiger partial charge is 0.485 e. The molecule has 0 saturated heterocycles. The molecular formula is C27H29N5O6. The summed E-state index contributed by atoms with van der Waals surface area (Å²) in [7, 11) is 0. The van der Waals surface area contributed by atoms with Crippen molar-refractivity contribution in [3.05, 3.63) is 65.4 Å². The minimum absolute atomic E-state index is 0.212. The molecular weight excluding hydrogens is 490 g/mol. The van der Waals surface area contributed by atoms with Gasteiger partial charge in [-0.15, -0.1) is 0 Å². The number of aliphatic imine (C=N–C) groups is 1.